The number of carboxylic acids is 1. The van der Waals surface area contributed by atoms with E-state index in [-0.39, 0.29) is 10.6 Å². The van der Waals surface area contributed by atoms with Gasteiger partial charge in [0.1, 0.15) is 5.82 Å². The van der Waals surface area contributed by atoms with Crippen LogP contribution in [0.5, 0.6) is 0 Å². The molecule has 1 aromatic heterocycles. The molecule has 0 aliphatic rings. The van der Waals surface area contributed by atoms with Gasteiger partial charge in [0.15, 0.2) is 0 Å². The van der Waals surface area contributed by atoms with Crippen molar-refractivity contribution in [3.8, 4) is 5.69 Å². The van der Waals surface area contributed by atoms with Crippen molar-refractivity contribution < 1.29 is 14.3 Å². The maximum absolute atomic E-state index is 13.1. The van der Waals surface area contributed by atoms with E-state index in [2.05, 4.69) is 5.10 Å². The highest BCUT2D eigenvalue weighted by molar-refractivity contribution is 6.30. The molecular weight excluding hydrogens is 235 g/mol. The molecule has 0 atom stereocenters. The SMILES string of the molecule is O=C(O)c1cnn(-c2ccc(Cl)c(F)c2)c1. The summed E-state index contributed by atoms with van der Waals surface area (Å²) in [6.45, 7) is 0. The maximum Gasteiger partial charge on any atom is 0.338 e. The molecule has 16 heavy (non-hydrogen) atoms. The van der Waals surface area contributed by atoms with E-state index in [9.17, 15) is 9.18 Å². The van der Waals surface area contributed by atoms with Gasteiger partial charge in [-0.25, -0.2) is 13.9 Å². The molecule has 0 aliphatic carbocycles. The average molecular weight is 241 g/mol. The third-order valence-corrected chi connectivity index (χ3v) is 2.30. The van der Waals surface area contributed by atoms with Crippen LogP contribution in [-0.2, 0) is 0 Å². The molecule has 1 N–H and O–H groups in total. The molecule has 0 saturated heterocycles. The zero-order chi connectivity index (χ0) is 11.7. The summed E-state index contributed by atoms with van der Waals surface area (Å²) in [4.78, 5) is 10.6. The van der Waals surface area contributed by atoms with E-state index in [0.717, 1.165) is 0 Å². The summed E-state index contributed by atoms with van der Waals surface area (Å²) in [6.07, 6.45) is 2.49. The molecule has 0 bridgehead atoms. The second-order valence-corrected chi connectivity index (χ2v) is 3.48. The molecule has 0 saturated carbocycles. The molecule has 0 fully saturated rings. The largest absolute Gasteiger partial charge is 0.478 e. The van der Waals surface area contributed by atoms with Crippen molar-refractivity contribution in [3.05, 3.63) is 47.0 Å². The third kappa shape index (κ3) is 1.90. The molecular formula is C10H6ClFN2O2. The number of carboxylic acid groups (broad SMARTS) is 1. The fourth-order valence-corrected chi connectivity index (χ4v) is 1.32. The van der Waals surface area contributed by atoms with Crippen molar-refractivity contribution in [2.45, 2.75) is 0 Å². The second kappa shape index (κ2) is 3.94. The first-order valence-electron chi connectivity index (χ1n) is 4.31. The first-order valence-corrected chi connectivity index (χ1v) is 4.69. The lowest BCUT2D eigenvalue weighted by Crippen LogP contribution is -1.96. The molecule has 2 rings (SSSR count). The van der Waals surface area contributed by atoms with E-state index in [1.54, 1.807) is 6.07 Å². The molecule has 0 spiro atoms. The number of nitrogens with zero attached hydrogens (tertiary/aromatic N) is 2. The molecule has 0 radical (unpaired) electrons. The van der Waals surface area contributed by atoms with Gasteiger partial charge in [-0.1, -0.05) is 11.6 Å². The Kier molecular flexibility index (Phi) is 2.62. The number of carbonyl (C=O) groups is 1. The Morgan fingerprint density at radius 1 is 1.50 bits per heavy atom. The fraction of sp³-hybridized carbons (Fsp3) is 0. The molecule has 0 amide bonds. The Labute approximate surface area is 94.9 Å². The molecule has 2 aromatic rings. The number of aromatic carboxylic acids is 1. The van der Waals surface area contributed by atoms with E-state index >= 15 is 0 Å². The lowest BCUT2D eigenvalue weighted by molar-refractivity contribution is 0.0697. The van der Waals surface area contributed by atoms with Gasteiger partial charge in [-0.2, -0.15) is 5.10 Å². The second-order valence-electron chi connectivity index (χ2n) is 3.08. The fourth-order valence-electron chi connectivity index (χ4n) is 1.20. The van der Waals surface area contributed by atoms with Gasteiger partial charge in [-0.05, 0) is 12.1 Å². The summed E-state index contributed by atoms with van der Waals surface area (Å²) in [6, 6.07) is 4.11. The highest BCUT2D eigenvalue weighted by Crippen LogP contribution is 2.18. The number of aromatic nitrogens is 2. The highest BCUT2D eigenvalue weighted by atomic mass is 35.5. The number of rotatable bonds is 2. The number of benzene rings is 1. The summed E-state index contributed by atoms with van der Waals surface area (Å²) in [5.41, 5.74) is 0.449. The van der Waals surface area contributed by atoms with Crippen LogP contribution in [0.15, 0.2) is 30.6 Å². The Bertz CT molecular complexity index is 554. The van der Waals surface area contributed by atoms with E-state index in [0.29, 0.717) is 5.69 Å². The molecule has 1 heterocycles. The summed E-state index contributed by atoms with van der Waals surface area (Å²) in [5.74, 6) is -1.66. The van der Waals surface area contributed by atoms with E-state index in [1.807, 2.05) is 0 Å². The van der Waals surface area contributed by atoms with Crippen molar-refractivity contribution in [2.24, 2.45) is 0 Å². The number of halogens is 2. The van der Waals surface area contributed by atoms with Gasteiger partial charge in [-0.15, -0.1) is 0 Å². The van der Waals surface area contributed by atoms with E-state index in [4.69, 9.17) is 16.7 Å². The van der Waals surface area contributed by atoms with Gasteiger partial charge in [0, 0.05) is 12.3 Å². The van der Waals surface area contributed by atoms with Crippen molar-refractivity contribution >= 4 is 17.6 Å². The van der Waals surface area contributed by atoms with Crippen molar-refractivity contribution in [2.75, 3.05) is 0 Å². The summed E-state index contributed by atoms with van der Waals surface area (Å²) >= 11 is 5.52. The smallest absolute Gasteiger partial charge is 0.338 e. The van der Waals surface area contributed by atoms with Crippen LogP contribution in [0.3, 0.4) is 0 Å². The third-order valence-electron chi connectivity index (χ3n) is 2.00. The zero-order valence-corrected chi connectivity index (χ0v) is 8.65. The van der Waals surface area contributed by atoms with Gasteiger partial charge >= 0.3 is 5.97 Å². The predicted octanol–water partition coefficient (Wildman–Crippen LogP) is 2.36. The Morgan fingerprint density at radius 2 is 2.25 bits per heavy atom. The van der Waals surface area contributed by atoms with Gasteiger partial charge in [0.05, 0.1) is 22.5 Å². The molecule has 0 aliphatic heterocycles. The van der Waals surface area contributed by atoms with Crippen molar-refractivity contribution in [1.29, 1.82) is 0 Å². The standard InChI is InChI=1S/C10H6ClFN2O2/c11-8-2-1-7(3-9(8)12)14-5-6(4-13-14)10(15)16/h1-5H,(H,15,16). The van der Waals surface area contributed by atoms with Crippen LogP contribution in [0.25, 0.3) is 5.69 Å². The summed E-state index contributed by atoms with van der Waals surface area (Å²) < 4.78 is 14.4. The summed E-state index contributed by atoms with van der Waals surface area (Å²) in [7, 11) is 0. The first-order chi connectivity index (χ1) is 7.58. The molecule has 82 valence electrons. The topological polar surface area (TPSA) is 55.1 Å². The molecule has 1 aromatic carbocycles. The Balaban J connectivity index is 2.42. The van der Waals surface area contributed by atoms with Gasteiger partial charge in [0.25, 0.3) is 0 Å². The van der Waals surface area contributed by atoms with E-state index in [1.165, 1.54) is 29.2 Å². The number of hydrogen-bond donors (Lipinski definition) is 1. The van der Waals surface area contributed by atoms with Gasteiger partial charge < -0.3 is 5.11 Å². The molecule has 6 heteroatoms. The maximum atomic E-state index is 13.1. The number of hydrogen-bond acceptors (Lipinski definition) is 2. The van der Waals surface area contributed by atoms with Crippen LogP contribution in [-0.4, -0.2) is 20.9 Å². The average Bonchev–Trinajstić information content (AvgIpc) is 2.71. The van der Waals surface area contributed by atoms with Crippen LogP contribution < -0.4 is 0 Å². The lowest BCUT2D eigenvalue weighted by Gasteiger charge is -2.01. The van der Waals surface area contributed by atoms with Crippen LogP contribution >= 0.6 is 11.6 Å². The van der Waals surface area contributed by atoms with Crippen LogP contribution in [0, 0.1) is 5.82 Å². The monoisotopic (exact) mass is 240 g/mol. The normalized spacial score (nSPS) is 10.4. The van der Waals surface area contributed by atoms with Crippen LogP contribution in [0.1, 0.15) is 10.4 Å². The van der Waals surface area contributed by atoms with E-state index < -0.39 is 11.8 Å². The Hall–Kier alpha value is -1.88. The van der Waals surface area contributed by atoms with Crippen LogP contribution in [0.4, 0.5) is 4.39 Å². The minimum absolute atomic E-state index is 0.00867. The summed E-state index contributed by atoms with van der Waals surface area (Å²) in [5, 5.41) is 12.5. The minimum Gasteiger partial charge on any atom is -0.478 e. The highest BCUT2D eigenvalue weighted by Gasteiger charge is 2.08. The van der Waals surface area contributed by atoms with Crippen LogP contribution in [0.2, 0.25) is 5.02 Å². The molecule has 4 nitrogen and oxygen atoms in total. The Morgan fingerprint density at radius 3 is 2.81 bits per heavy atom. The van der Waals surface area contributed by atoms with Crippen molar-refractivity contribution in [1.82, 2.24) is 9.78 Å². The quantitative estimate of drug-likeness (QED) is 0.877. The first kappa shape index (κ1) is 10.6. The van der Waals surface area contributed by atoms with Gasteiger partial charge in [-0.3, -0.25) is 0 Å². The van der Waals surface area contributed by atoms with Crippen molar-refractivity contribution in [3.63, 3.8) is 0 Å². The predicted molar refractivity (Wildman–Crippen MR) is 55.5 cm³/mol. The molecule has 0 unspecified atom stereocenters. The van der Waals surface area contributed by atoms with Gasteiger partial charge in [0.2, 0.25) is 0 Å². The zero-order valence-electron chi connectivity index (χ0n) is 7.89. The minimum atomic E-state index is -1.08. The lowest BCUT2D eigenvalue weighted by atomic mass is 10.3.